The molecule has 1 aromatic heterocycles. The Morgan fingerprint density at radius 2 is 1.58 bits per heavy atom. The standard InChI is InChI=1S/C22H25N3O/c1-2-13-24(14-3-1)16-19-4-6-20(7-5-19)17-26-22-10-8-21(9-11-22)25-15-12-23-18-25/h4-12,15,18H,1-3,13-14,16-17H2. The second-order valence-corrected chi connectivity index (χ2v) is 6.91. The Hall–Kier alpha value is -2.59. The second kappa shape index (κ2) is 8.19. The van der Waals surface area contributed by atoms with Crippen molar-refractivity contribution in [3.05, 3.63) is 78.4 Å². The van der Waals surface area contributed by atoms with E-state index in [1.807, 2.05) is 35.0 Å². The third-order valence-electron chi connectivity index (χ3n) is 4.92. The Balaban J connectivity index is 1.30. The van der Waals surface area contributed by atoms with Crippen LogP contribution in [0.25, 0.3) is 5.69 Å². The highest BCUT2D eigenvalue weighted by atomic mass is 16.5. The average molecular weight is 347 g/mol. The fraction of sp³-hybridized carbons (Fsp3) is 0.318. The van der Waals surface area contributed by atoms with E-state index in [-0.39, 0.29) is 0 Å². The lowest BCUT2D eigenvalue weighted by atomic mass is 10.1. The minimum Gasteiger partial charge on any atom is -0.489 e. The zero-order valence-electron chi connectivity index (χ0n) is 15.1. The molecule has 0 amide bonds. The molecule has 0 N–H and O–H groups in total. The van der Waals surface area contributed by atoms with Crippen molar-refractivity contribution in [1.29, 1.82) is 0 Å². The number of benzene rings is 2. The van der Waals surface area contributed by atoms with E-state index in [9.17, 15) is 0 Å². The molecule has 134 valence electrons. The van der Waals surface area contributed by atoms with Gasteiger partial charge in [0.15, 0.2) is 0 Å². The van der Waals surface area contributed by atoms with Crippen LogP contribution in [0.15, 0.2) is 67.3 Å². The summed E-state index contributed by atoms with van der Waals surface area (Å²) in [5.41, 5.74) is 3.67. The first-order chi connectivity index (χ1) is 12.9. The first kappa shape index (κ1) is 16.9. The molecule has 0 atom stereocenters. The summed E-state index contributed by atoms with van der Waals surface area (Å²) in [5, 5.41) is 0. The summed E-state index contributed by atoms with van der Waals surface area (Å²) in [5.74, 6) is 0.881. The van der Waals surface area contributed by atoms with Crippen LogP contribution in [0, 0.1) is 0 Å². The molecule has 26 heavy (non-hydrogen) atoms. The summed E-state index contributed by atoms with van der Waals surface area (Å²) in [4.78, 5) is 6.62. The van der Waals surface area contributed by atoms with Crippen molar-refractivity contribution in [3.8, 4) is 11.4 Å². The van der Waals surface area contributed by atoms with Gasteiger partial charge in [-0.1, -0.05) is 30.7 Å². The van der Waals surface area contributed by atoms with Crippen molar-refractivity contribution >= 4 is 0 Å². The van der Waals surface area contributed by atoms with E-state index in [4.69, 9.17) is 4.74 Å². The Morgan fingerprint density at radius 3 is 2.27 bits per heavy atom. The number of piperidine rings is 1. The van der Waals surface area contributed by atoms with Gasteiger partial charge in [-0.25, -0.2) is 4.98 Å². The monoisotopic (exact) mass is 347 g/mol. The lowest BCUT2D eigenvalue weighted by Crippen LogP contribution is -2.29. The molecule has 0 saturated carbocycles. The van der Waals surface area contributed by atoms with Gasteiger partial charge in [0.1, 0.15) is 12.4 Å². The van der Waals surface area contributed by atoms with E-state index in [1.165, 1.54) is 43.5 Å². The van der Waals surface area contributed by atoms with Crippen molar-refractivity contribution in [2.45, 2.75) is 32.4 Å². The second-order valence-electron chi connectivity index (χ2n) is 6.91. The summed E-state index contributed by atoms with van der Waals surface area (Å²) >= 11 is 0. The molecule has 3 aromatic rings. The van der Waals surface area contributed by atoms with Gasteiger partial charge >= 0.3 is 0 Å². The molecule has 1 fully saturated rings. The molecule has 0 spiro atoms. The number of aromatic nitrogens is 2. The van der Waals surface area contributed by atoms with Gasteiger partial charge < -0.3 is 9.30 Å². The van der Waals surface area contributed by atoms with Crippen LogP contribution in [-0.2, 0) is 13.2 Å². The van der Waals surface area contributed by atoms with Crippen molar-refractivity contribution < 1.29 is 4.74 Å². The summed E-state index contributed by atoms with van der Waals surface area (Å²) in [6, 6.07) is 16.9. The number of hydrogen-bond donors (Lipinski definition) is 0. The van der Waals surface area contributed by atoms with E-state index in [1.54, 1.807) is 12.5 Å². The van der Waals surface area contributed by atoms with Gasteiger partial charge in [-0.2, -0.15) is 0 Å². The Labute approximate surface area is 155 Å². The number of likely N-dealkylation sites (tertiary alicyclic amines) is 1. The third kappa shape index (κ3) is 4.33. The Bertz CT molecular complexity index is 788. The zero-order chi connectivity index (χ0) is 17.6. The van der Waals surface area contributed by atoms with E-state index < -0.39 is 0 Å². The van der Waals surface area contributed by atoms with Crippen LogP contribution < -0.4 is 4.74 Å². The maximum Gasteiger partial charge on any atom is 0.119 e. The third-order valence-corrected chi connectivity index (χ3v) is 4.92. The SMILES string of the molecule is c1cn(-c2ccc(OCc3ccc(CN4CCCCC4)cc3)cc2)cn1. The normalized spacial score (nSPS) is 15.1. The van der Waals surface area contributed by atoms with Crippen LogP contribution in [0.2, 0.25) is 0 Å². The number of rotatable bonds is 6. The van der Waals surface area contributed by atoms with Gasteiger partial charge in [0.05, 0.1) is 6.33 Å². The molecule has 1 saturated heterocycles. The number of imidazole rings is 1. The summed E-state index contributed by atoms with van der Waals surface area (Å²) in [6.07, 6.45) is 9.56. The molecule has 0 bridgehead atoms. The van der Waals surface area contributed by atoms with Crippen molar-refractivity contribution in [3.63, 3.8) is 0 Å². The molecule has 0 aliphatic carbocycles. The molecule has 2 heterocycles. The Morgan fingerprint density at radius 1 is 0.846 bits per heavy atom. The molecule has 4 heteroatoms. The molecule has 0 unspecified atom stereocenters. The lowest BCUT2D eigenvalue weighted by Gasteiger charge is -2.26. The van der Waals surface area contributed by atoms with Crippen LogP contribution in [0.1, 0.15) is 30.4 Å². The van der Waals surface area contributed by atoms with Gasteiger partial charge in [-0.3, -0.25) is 4.90 Å². The highest BCUT2D eigenvalue weighted by molar-refractivity contribution is 5.37. The smallest absolute Gasteiger partial charge is 0.119 e. The number of ether oxygens (including phenoxy) is 1. The van der Waals surface area contributed by atoms with Crippen LogP contribution in [0.4, 0.5) is 0 Å². The predicted octanol–water partition coefficient (Wildman–Crippen LogP) is 4.44. The summed E-state index contributed by atoms with van der Waals surface area (Å²) < 4.78 is 7.90. The van der Waals surface area contributed by atoms with E-state index in [0.29, 0.717) is 6.61 Å². The highest BCUT2D eigenvalue weighted by Gasteiger charge is 2.10. The number of nitrogens with zero attached hydrogens (tertiary/aromatic N) is 3. The maximum absolute atomic E-state index is 5.92. The fourth-order valence-corrected chi connectivity index (χ4v) is 3.41. The first-order valence-corrected chi connectivity index (χ1v) is 9.38. The minimum absolute atomic E-state index is 0.592. The highest BCUT2D eigenvalue weighted by Crippen LogP contribution is 2.18. The average Bonchev–Trinajstić information content (AvgIpc) is 3.24. The quantitative estimate of drug-likeness (QED) is 0.660. The predicted molar refractivity (Wildman–Crippen MR) is 103 cm³/mol. The van der Waals surface area contributed by atoms with E-state index >= 15 is 0 Å². The largest absolute Gasteiger partial charge is 0.489 e. The topological polar surface area (TPSA) is 30.3 Å². The summed E-state index contributed by atoms with van der Waals surface area (Å²) in [7, 11) is 0. The molecule has 4 nitrogen and oxygen atoms in total. The van der Waals surface area contributed by atoms with Crippen LogP contribution in [-0.4, -0.2) is 27.5 Å². The molecular weight excluding hydrogens is 322 g/mol. The lowest BCUT2D eigenvalue weighted by molar-refractivity contribution is 0.221. The zero-order valence-corrected chi connectivity index (χ0v) is 15.1. The van der Waals surface area contributed by atoms with E-state index in [2.05, 4.69) is 34.1 Å². The van der Waals surface area contributed by atoms with Crippen molar-refractivity contribution in [2.24, 2.45) is 0 Å². The van der Waals surface area contributed by atoms with Gasteiger partial charge in [0.2, 0.25) is 0 Å². The molecule has 1 aliphatic rings. The van der Waals surface area contributed by atoms with Gasteiger partial charge in [-0.05, 0) is 61.3 Å². The molecular formula is C22H25N3O. The van der Waals surface area contributed by atoms with Gasteiger partial charge in [0.25, 0.3) is 0 Å². The number of hydrogen-bond acceptors (Lipinski definition) is 3. The van der Waals surface area contributed by atoms with Crippen LogP contribution in [0.5, 0.6) is 5.75 Å². The maximum atomic E-state index is 5.92. The van der Waals surface area contributed by atoms with Crippen LogP contribution in [0.3, 0.4) is 0 Å². The molecule has 1 aliphatic heterocycles. The van der Waals surface area contributed by atoms with Crippen LogP contribution >= 0.6 is 0 Å². The first-order valence-electron chi connectivity index (χ1n) is 9.38. The van der Waals surface area contributed by atoms with Gasteiger partial charge in [-0.15, -0.1) is 0 Å². The van der Waals surface area contributed by atoms with Gasteiger partial charge in [0, 0.05) is 24.6 Å². The minimum atomic E-state index is 0.592. The van der Waals surface area contributed by atoms with Crippen molar-refractivity contribution in [2.75, 3.05) is 13.1 Å². The Kier molecular flexibility index (Phi) is 5.31. The van der Waals surface area contributed by atoms with Crippen molar-refractivity contribution in [1.82, 2.24) is 14.5 Å². The fourth-order valence-electron chi connectivity index (χ4n) is 3.41. The van der Waals surface area contributed by atoms with E-state index in [0.717, 1.165) is 18.0 Å². The molecule has 0 radical (unpaired) electrons. The molecule has 4 rings (SSSR count). The summed E-state index contributed by atoms with van der Waals surface area (Å²) in [6.45, 7) is 4.13. The molecule has 2 aromatic carbocycles.